The summed E-state index contributed by atoms with van der Waals surface area (Å²) in [5.41, 5.74) is -0.557. The number of carbonyl (C=O) groups excluding carboxylic acids is 1. The highest BCUT2D eigenvalue weighted by atomic mass is 32.2. The highest BCUT2D eigenvalue weighted by Gasteiger charge is 2.42. The van der Waals surface area contributed by atoms with Crippen molar-refractivity contribution in [1.29, 1.82) is 0 Å². The number of hydrogen-bond donors (Lipinski definition) is 1. The quantitative estimate of drug-likeness (QED) is 0.310. The van der Waals surface area contributed by atoms with Crippen LogP contribution >= 0.6 is 0 Å². The molecule has 3 heterocycles. The zero-order valence-corrected chi connectivity index (χ0v) is 23.7. The van der Waals surface area contributed by atoms with E-state index in [4.69, 9.17) is 9.47 Å². The number of fused-ring (bicyclic) bond motifs is 8. The SMILES string of the molecule is CC(C)Oc1cccc(-c2nc3nc(c2C(F)(F)F)OC2CN(Cc4ccccc42)C(=O)c2cccc(c2)S(=O)(=O)N3)c1. The molecule has 1 N–H and O–H groups in total. The minimum Gasteiger partial charge on any atom is -0.491 e. The number of rotatable bonds is 3. The number of nitrogens with zero attached hydrogens (tertiary/aromatic N) is 3. The van der Waals surface area contributed by atoms with Crippen molar-refractivity contribution < 1.29 is 35.9 Å². The minimum atomic E-state index is -5.01. The van der Waals surface area contributed by atoms with E-state index in [1.54, 1.807) is 44.2 Å². The Balaban J connectivity index is 1.62. The minimum absolute atomic E-state index is 0.00494. The Labute approximate surface area is 245 Å². The summed E-state index contributed by atoms with van der Waals surface area (Å²) >= 11 is 0. The highest BCUT2D eigenvalue weighted by Crippen LogP contribution is 2.44. The van der Waals surface area contributed by atoms with Crippen LogP contribution in [0, 0.1) is 0 Å². The Morgan fingerprint density at radius 2 is 1.74 bits per heavy atom. The van der Waals surface area contributed by atoms with Crippen LogP contribution in [-0.2, 0) is 22.7 Å². The molecule has 0 saturated carbocycles. The summed E-state index contributed by atoms with van der Waals surface area (Å²) < 4.78 is 85.3. The molecule has 1 aromatic heterocycles. The lowest BCUT2D eigenvalue weighted by Crippen LogP contribution is -2.40. The van der Waals surface area contributed by atoms with Gasteiger partial charge in [-0.25, -0.2) is 18.1 Å². The third-order valence-corrected chi connectivity index (χ3v) is 8.27. The van der Waals surface area contributed by atoms with Crippen molar-refractivity contribution in [2.24, 2.45) is 0 Å². The Kier molecular flexibility index (Phi) is 6.99. The maximum absolute atomic E-state index is 14.9. The normalized spacial score (nSPS) is 17.5. The van der Waals surface area contributed by atoms with Gasteiger partial charge in [-0.15, -0.1) is 0 Å². The van der Waals surface area contributed by atoms with Crippen molar-refractivity contribution in [2.45, 2.75) is 43.7 Å². The lowest BCUT2D eigenvalue weighted by Gasteiger charge is -2.35. The number of amides is 1. The fraction of sp³-hybridized carbons (Fsp3) is 0.233. The van der Waals surface area contributed by atoms with Crippen LogP contribution in [0.2, 0.25) is 0 Å². The van der Waals surface area contributed by atoms with Gasteiger partial charge in [-0.3, -0.25) is 4.79 Å². The first kappa shape index (κ1) is 28.5. The summed E-state index contributed by atoms with van der Waals surface area (Å²) in [7, 11) is -4.44. The number of benzene rings is 3. The first-order valence-corrected chi connectivity index (χ1v) is 14.8. The van der Waals surface area contributed by atoms with Gasteiger partial charge in [0.05, 0.1) is 23.2 Å². The summed E-state index contributed by atoms with van der Waals surface area (Å²) in [6.45, 7) is 3.59. The fourth-order valence-corrected chi connectivity index (χ4v) is 6.12. The molecule has 1 unspecified atom stereocenters. The topological polar surface area (TPSA) is 111 Å². The number of anilines is 1. The van der Waals surface area contributed by atoms with Crippen LogP contribution in [0.15, 0.2) is 77.7 Å². The summed E-state index contributed by atoms with van der Waals surface area (Å²) in [5, 5.41) is 0. The molecule has 0 saturated heterocycles. The van der Waals surface area contributed by atoms with Gasteiger partial charge in [0.15, 0.2) is 0 Å². The molecule has 1 amide bonds. The van der Waals surface area contributed by atoms with Gasteiger partial charge in [-0.2, -0.15) is 18.2 Å². The predicted octanol–water partition coefficient (Wildman–Crippen LogP) is 5.84. The molecule has 2 aliphatic heterocycles. The van der Waals surface area contributed by atoms with E-state index in [0.717, 1.165) is 0 Å². The Hall–Kier alpha value is -4.65. The van der Waals surface area contributed by atoms with E-state index in [9.17, 15) is 26.4 Å². The van der Waals surface area contributed by atoms with Crippen LogP contribution in [-0.4, -0.2) is 41.8 Å². The molecule has 13 heteroatoms. The van der Waals surface area contributed by atoms with Gasteiger partial charge in [0.2, 0.25) is 11.8 Å². The van der Waals surface area contributed by atoms with Crippen molar-refractivity contribution in [3.63, 3.8) is 0 Å². The van der Waals surface area contributed by atoms with Crippen LogP contribution in [0.1, 0.15) is 47.0 Å². The molecule has 2 aliphatic rings. The van der Waals surface area contributed by atoms with Gasteiger partial charge in [-0.1, -0.05) is 42.5 Å². The van der Waals surface area contributed by atoms with E-state index in [2.05, 4.69) is 14.7 Å². The third-order valence-electron chi connectivity index (χ3n) is 6.95. The zero-order chi connectivity index (χ0) is 30.5. The number of hydrogen-bond acceptors (Lipinski definition) is 7. The average molecular weight is 611 g/mol. The maximum atomic E-state index is 14.9. The van der Waals surface area contributed by atoms with Crippen molar-refractivity contribution in [2.75, 3.05) is 11.3 Å². The number of alkyl halides is 3. The molecule has 3 aromatic carbocycles. The number of ether oxygens (including phenoxy) is 2. The number of sulfonamides is 1. The first-order valence-electron chi connectivity index (χ1n) is 13.3. The second-order valence-corrected chi connectivity index (χ2v) is 12.1. The molecule has 0 radical (unpaired) electrons. The molecule has 0 fully saturated rings. The van der Waals surface area contributed by atoms with Gasteiger partial charge in [0, 0.05) is 17.7 Å². The largest absolute Gasteiger partial charge is 0.491 e. The lowest BCUT2D eigenvalue weighted by molar-refractivity contribution is -0.139. The summed E-state index contributed by atoms with van der Waals surface area (Å²) in [6, 6.07) is 18.2. The standard InChI is InChI=1S/C30H25F3N4O5S/c1-17(2)41-21-10-5-8-18(13-21)26-25(30(31,32)33)27-35-29(34-26)36-43(39,40)22-11-6-9-19(14-22)28(38)37-15-20-7-3-4-12-23(20)24(16-37)42-27/h3-14,17,24H,15-16H2,1-2H3,(H,34,35,36). The fourth-order valence-electron chi connectivity index (χ4n) is 5.13. The lowest BCUT2D eigenvalue weighted by atomic mass is 9.96. The second-order valence-electron chi connectivity index (χ2n) is 10.4. The number of nitrogens with one attached hydrogen (secondary N) is 1. The smallest absolute Gasteiger partial charge is 0.423 e. The predicted molar refractivity (Wildman–Crippen MR) is 150 cm³/mol. The van der Waals surface area contributed by atoms with E-state index in [1.807, 2.05) is 0 Å². The Bertz CT molecular complexity index is 1850. The van der Waals surface area contributed by atoms with E-state index in [1.165, 1.54) is 47.4 Å². The van der Waals surface area contributed by atoms with Crippen molar-refractivity contribution >= 4 is 21.9 Å². The summed E-state index contributed by atoms with van der Waals surface area (Å²) in [5.74, 6) is -1.73. The second kappa shape index (κ2) is 10.6. The molecule has 1 atom stereocenters. The van der Waals surface area contributed by atoms with Crippen molar-refractivity contribution in [3.05, 3.63) is 95.1 Å². The Morgan fingerprint density at radius 3 is 2.51 bits per heavy atom. The molecular weight excluding hydrogens is 585 g/mol. The number of halogens is 3. The summed E-state index contributed by atoms with van der Waals surface area (Å²) in [4.78, 5) is 22.7. The van der Waals surface area contributed by atoms with E-state index < -0.39 is 51.3 Å². The molecule has 0 aliphatic carbocycles. The van der Waals surface area contributed by atoms with Crippen LogP contribution < -0.4 is 14.2 Å². The van der Waals surface area contributed by atoms with Gasteiger partial charge >= 0.3 is 6.18 Å². The molecule has 43 heavy (non-hydrogen) atoms. The van der Waals surface area contributed by atoms with Crippen LogP contribution in [0.5, 0.6) is 11.6 Å². The van der Waals surface area contributed by atoms with Gasteiger partial charge in [0.1, 0.15) is 17.4 Å². The molecule has 6 bridgehead atoms. The van der Waals surface area contributed by atoms with Crippen LogP contribution in [0.4, 0.5) is 19.1 Å². The highest BCUT2D eigenvalue weighted by molar-refractivity contribution is 7.92. The van der Waals surface area contributed by atoms with Gasteiger partial charge in [-0.05, 0) is 55.3 Å². The number of carbonyl (C=O) groups is 1. The molecule has 0 spiro atoms. The van der Waals surface area contributed by atoms with Crippen molar-refractivity contribution in [3.8, 4) is 22.9 Å². The maximum Gasteiger partial charge on any atom is 0.423 e. The van der Waals surface area contributed by atoms with Crippen LogP contribution in [0.25, 0.3) is 11.3 Å². The monoisotopic (exact) mass is 610 g/mol. The van der Waals surface area contributed by atoms with E-state index in [-0.39, 0.29) is 35.2 Å². The Morgan fingerprint density at radius 1 is 1.00 bits per heavy atom. The summed E-state index contributed by atoms with van der Waals surface area (Å²) in [6.07, 6.45) is -6.32. The molecule has 222 valence electrons. The van der Waals surface area contributed by atoms with E-state index >= 15 is 0 Å². The van der Waals surface area contributed by atoms with Gasteiger partial charge < -0.3 is 14.4 Å². The molecule has 4 aromatic rings. The van der Waals surface area contributed by atoms with Gasteiger partial charge in [0.25, 0.3) is 15.9 Å². The van der Waals surface area contributed by atoms with E-state index in [0.29, 0.717) is 16.9 Å². The average Bonchev–Trinajstić information content (AvgIpc) is 2.95. The molecular formula is C30H25F3N4O5S. The third kappa shape index (κ3) is 5.59. The first-order chi connectivity index (χ1) is 20.4. The number of aromatic nitrogens is 2. The van der Waals surface area contributed by atoms with Crippen LogP contribution in [0.3, 0.4) is 0 Å². The molecule has 6 rings (SSSR count). The molecule has 9 nitrogen and oxygen atoms in total. The zero-order valence-electron chi connectivity index (χ0n) is 22.9. The van der Waals surface area contributed by atoms with Crippen molar-refractivity contribution in [1.82, 2.24) is 14.9 Å².